The van der Waals surface area contributed by atoms with E-state index in [9.17, 15) is 18.8 Å². The standard InChI is InChI=1S/C18H18FN3O3/c1-18(2)10(9-11(19)15(18)12-5-3-4-8-20-12)16(24)21-13-6-7-14(23)22-17(13)25/h3-5,8-9,13H,6-7H2,1-2H3,(H,21,24)(H,22,23,25). The summed E-state index contributed by atoms with van der Waals surface area (Å²) in [6.07, 6.45) is 3.14. The Balaban J connectivity index is 1.80. The van der Waals surface area contributed by atoms with Gasteiger partial charge in [0.2, 0.25) is 17.7 Å². The highest BCUT2D eigenvalue weighted by Gasteiger charge is 2.41. The Bertz CT molecular complexity index is 812. The molecular formula is C18H18FN3O3. The van der Waals surface area contributed by atoms with Gasteiger partial charge in [0.1, 0.15) is 11.9 Å². The zero-order valence-corrected chi connectivity index (χ0v) is 13.9. The van der Waals surface area contributed by atoms with Gasteiger partial charge >= 0.3 is 0 Å². The molecule has 0 saturated carbocycles. The van der Waals surface area contributed by atoms with Gasteiger partial charge in [-0.25, -0.2) is 4.39 Å². The normalized spacial score (nSPS) is 22.5. The van der Waals surface area contributed by atoms with Crippen LogP contribution in [0.4, 0.5) is 4.39 Å². The topological polar surface area (TPSA) is 88.2 Å². The molecule has 2 N–H and O–H groups in total. The highest BCUT2D eigenvalue weighted by Crippen LogP contribution is 2.48. The molecule has 25 heavy (non-hydrogen) atoms. The Hall–Kier alpha value is -2.83. The predicted molar refractivity (Wildman–Crippen MR) is 88.4 cm³/mol. The van der Waals surface area contributed by atoms with E-state index >= 15 is 0 Å². The first-order valence-corrected chi connectivity index (χ1v) is 7.99. The highest BCUT2D eigenvalue weighted by molar-refractivity contribution is 6.06. The van der Waals surface area contributed by atoms with Crippen LogP contribution in [0.5, 0.6) is 0 Å². The molecule has 1 aliphatic carbocycles. The number of carbonyl (C=O) groups excluding carboxylic acids is 3. The summed E-state index contributed by atoms with van der Waals surface area (Å²) in [6, 6.07) is 4.36. The van der Waals surface area contributed by atoms with Crippen LogP contribution < -0.4 is 10.6 Å². The van der Waals surface area contributed by atoms with E-state index in [-0.39, 0.29) is 24.3 Å². The van der Waals surface area contributed by atoms with Gasteiger partial charge in [0.15, 0.2) is 0 Å². The molecule has 1 aromatic heterocycles. The Labute approximate surface area is 144 Å². The van der Waals surface area contributed by atoms with E-state index in [4.69, 9.17) is 0 Å². The number of rotatable bonds is 3. The SMILES string of the molecule is CC1(C)C(C(=O)NC2CCC(=O)NC2=O)=CC(F)=C1c1ccccn1. The van der Waals surface area contributed by atoms with Crippen LogP contribution in [0, 0.1) is 5.41 Å². The van der Waals surface area contributed by atoms with Gasteiger partial charge in [-0.2, -0.15) is 0 Å². The second-order valence-corrected chi connectivity index (χ2v) is 6.60. The molecule has 1 unspecified atom stereocenters. The second-order valence-electron chi connectivity index (χ2n) is 6.60. The maximum atomic E-state index is 14.5. The quantitative estimate of drug-likeness (QED) is 0.817. The molecule has 1 aromatic rings. The minimum Gasteiger partial charge on any atom is -0.340 e. The summed E-state index contributed by atoms with van der Waals surface area (Å²) in [5.74, 6) is -1.95. The Kier molecular flexibility index (Phi) is 4.24. The number of hydrogen-bond acceptors (Lipinski definition) is 4. The molecule has 2 aliphatic rings. The molecule has 7 heteroatoms. The predicted octanol–water partition coefficient (Wildman–Crippen LogP) is 1.65. The number of carbonyl (C=O) groups is 3. The van der Waals surface area contributed by atoms with Gasteiger partial charge in [-0.3, -0.25) is 24.7 Å². The third-order valence-corrected chi connectivity index (χ3v) is 4.52. The first kappa shape index (κ1) is 17.0. The lowest BCUT2D eigenvalue weighted by Gasteiger charge is -2.28. The largest absolute Gasteiger partial charge is 0.340 e. The van der Waals surface area contributed by atoms with Crippen molar-refractivity contribution in [2.75, 3.05) is 0 Å². The van der Waals surface area contributed by atoms with Gasteiger partial charge in [0, 0.05) is 29.2 Å². The van der Waals surface area contributed by atoms with Crippen LogP contribution in [0.1, 0.15) is 32.4 Å². The van der Waals surface area contributed by atoms with Gasteiger partial charge in [0.25, 0.3) is 0 Å². The van der Waals surface area contributed by atoms with E-state index in [1.165, 1.54) is 6.08 Å². The molecule has 130 valence electrons. The summed E-state index contributed by atoms with van der Waals surface area (Å²) >= 11 is 0. The van der Waals surface area contributed by atoms with E-state index in [1.807, 2.05) is 0 Å². The van der Waals surface area contributed by atoms with Crippen molar-refractivity contribution in [2.45, 2.75) is 32.7 Å². The molecule has 0 bridgehead atoms. The number of hydrogen-bond donors (Lipinski definition) is 2. The molecule has 0 spiro atoms. The number of piperidine rings is 1. The van der Waals surface area contributed by atoms with E-state index in [0.29, 0.717) is 11.3 Å². The zero-order chi connectivity index (χ0) is 18.2. The monoisotopic (exact) mass is 343 g/mol. The molecule has 1 atom stereocenters. The summed E-state index contributed by atoms with van der Waals surface area (Å²) in [5, 5.41) is 4.78. The summed E-state index contributed by atoms with van der Waals surface area (Å²) < 4.78 is 14.5. The summed E-state index contributed by atoms with van der Waals surface area (Å²) in [5.41, 5.74) is 0.116. The van der Waals surface area contributed by atoms with E-state index < -0.39 is 29.1 Å². The van der Waals surface area contributed by atoms with Crippen LogP contribution in [-0.4, -0.2) is 28.7 Å². The number of nitrogens with one attached hydrogen (secondary N) is 2. The van der Waals surface area contributed by atoms with E-state index in [1.54, 1.807) is 38.2 Å². The van der Waals surface area contributed by atoms with Gasteiger partial charge < -0.3 is 5.32 Å². The molecule has 1 aliphatic heterocycles. The van der Waals surface area contributed by atoms with Crippen molar-refractivity contribution in [1.82, 2.24) is 15.6 Å². The number of halogens is 1. The first-order valence-electron chi connectivity index (χ1n) is 7.99. The molecule has 2 heterocycles. The number of aromatic nitrogens is 1. The van der Waals surface area contributed by atoms with Crippen molar-refractivity contribution in [3.05, 3.63) is 47.6 Å². The molecule has 1 fully saturated rings. The summed E-state index contributed by atoms with van der Waals surface area (Å²) in [7, 11) is 0. The number of imide groups is 1. The van der Waals surface area contributed by atoms with Crippen molar-refractivity contribution < 1.29 is 18.8 Å². The van der Waals surface area contributed by atoms with Crippen LogP contribution in [0.2, 0.25) is 0 Å². The summed E-state index contributed by atoms with van der Waals surface area (Å²) in [6.45, 7) is 3.47. The summed E-state index contributed by atoms with van der Waals surface area (Å²) in [4.78, 5) is 39.8. The third kappa shape index (κ3) is 3.09. The smallest absolute Gasteiger partial charge is 0.249 e. The molecule has 3 amide bonds. The number of amides is 3. The van der Waals surface area contributed by atoms with Crippen LogP contribution in [0.3, 0.4) is 0 Å². The lowest BCUT2D eigenvalue weighted by molar-refractivity contribution is -0.136. The highest BCUT2D eigenvalue weighted by atomic mass is 19.1. The minimum absolute atomic E-state index is 0.158. The lowest BCUT2D eigenvalue weighted by atomic mass is 9.78. The number of allylic oxidation sites excluding steroid dienone is 3. The van der Waals surface area contributed by atoms with E-state index in [0.717, 1.165) is 0 Å². The van der Waals surface area contributed by atoms with Crippen molar-refractivity contribution in [3.63, 3.8) is 0 Å². The first-order chi connectivity index (χ1) is 11.8. The van der Waals surface area contributed by atoms with Crippen LogP contribution in [-0.2, 0) is 14.4 Å². The van der Waals surface area contributed by atoms with Crippen LogP contribution in [0.25, 0.3) is 5.57 Å². The molecule has 3 rings (SSSR count). The molecular weight excluding hydrogens is 325 g/mol. The lowest BCUT2D eigenvalue weighted by Crippen LogP contribution is -2.53. The van der Waals surface area contributed by atoms with Crippen molar-refractivity contribution in [1.29, 1.82) is 0 Å². The van der Waals surface area contributed by atoms with Gasteiger partial charge in [0.05, 0.1) is 5.69 Å². The average molecular weight is 343 g/mol. The van der Waals surface area contributed by atoms with Gasteiger partial charge in [-0.05, 0) is 24.6 Å². The fourth-order valence-electron chi connectivity index (χ4n) is 3.18. The van der Waals surface area contributed by atoms with Crippen molar-refractivity contribution in [2.24, 2.45) is 5.41 Å². The number of pyridine rings is 1. The fraction of sp³-hybridized carbons (Fsp3) is 0.333. The van der Waals surface area contributed by atoms with E-state index in [2.05, 4.69) is 15.6 Å². The maximum Gasteiger partial charge on any atom is 0.249 e. The zero-order valence-electron chi connectivity index (χ0n) is 13.9. The van der Waals surface area contributed by atoms with Gasteiger partial charge in [-0.1, -0.05) is 19.9 Å². The van der Waals surface area contributed by atoms with Crippen LogP contribution in [0.15, 0.2) is 41.9 Å². The van der Waals surface area contributed by atoms with Crippen LogP contribution >= 0.6 is 0 Å². The molecule has 0 aromatic carbocycles. The van der Waals surface area contributed by atoms with Crippen molar-refractivity contribution >= 4 is 23.3 Å². The molecule has 0 radical (unpaired) electrons. The number of nitrogens with zero attached hydrogens (tertiary/aromatic N) is 1. The average Bonchev–Trinajstić information content (AvgIpc) is 2.80. The minimum atomic E-state index is -0.899. The van der Waals surface area contributed by atoms with Gasteiger partial charge in [-0.15, -0.1) is 0 Å². The molecule has 1 saturated heterocycles. The Morgan fingerprint density at radius 3 is 2.76 bits per heavy atom. The fourth-order valence-corrected chi connectivity index (χ4v) is 3.18. The Morgan fingerprint density at radius 1 is 1.36 bits per heavy atom. The second kappa shape index (κ2) is 6.23. The van der Waals surface area contributed by atoms with Crippen molar-refractivity contribution in [3.8, 4) is 0 Å². The maximum absolute atomic E-state index is 14.5. The Morgan fingerprint density at radius 2 is 2.12 bits per heavy atom. The third-order valence-electron chi connectivity index (χ3n) is 4.52. The molecule has 6 nitrogen and oxygen atoms in total.